The fourth-order valence-electron chi connectivity index (χ4n) is 3.02. The second-order valence-electron chi connectivity index (χ2n) is 6.56. The van der Waals surface area contributed by atoms with Crippen LogP contribution in [0, 0.1) is 0 Å². The van der Waals surface area contributed by atoms with Crippen LogP contribution in [0.5, 0.6) is 5.75 Å². The minimum Gasteiger partial charge on any atom is -0.492 e. The number of hydrogen-bond donors (Lipinski definition) is 0. The zero-order valence-corrected chi connectivity index (χ0v) is 14.3. The first kappa shape index (κ1) is 15.9. The molecule has 0 N–H and O–H groups in total. The van der Waals surface area contributed by atoms with E-state index < -0.39 is 0 Å². The molecule has 1 aliphatic carbocycles. The topological polar surface area (TPSA) is 42.7 Å². The molecule has 3 aromatic rings. The van der Waals surface area contributed by atoms with Gasteiger partial charge in [0.25, 0.3) is 0 Å². The number of nitrogens with zero attached hydrogens (tertiary/aromatic N) is 1. The predicted molar refractivity (Wildman–Crippen MR) is 99.1 cm³/mol. The lowest BCUT2D eigenvalue weighted by Gasteiger charge is -2.15. The average molecular weight is 335 g/mol. The van der Waals surface area contributed by atoms with Crippen molar-refractivity contribution in [3.63, 3.8) is 0 Å². The van der Waals surface area contributed by atoms with Crippen molar-refractivity contribution in [3.8, 4) is 16.9 Å². The maximum atomic E-state index is 12.7. The standard InChI is InChI=1S/C21H21NO3/c1-22(16-7-8-16)11-12-24-17-9-10-18-20(13-17)25-14-19(21(18)23)15-5-3-2-4-6-15/h2-6,9-10,13-14,16H,7-8,11-12H2,1H3. The summed E-state index contributed by atoms with van der Waals surface area (Å²) in [7, 11) is 2.13. The van der Waals surface area contributed by atoms with Gasteiger partial charge < -0.3 is 14.1 Å². The smallest absolute Gasteiger partial charge is 0.200 e. The van der Waals surface area contributed by atoms with E-state index in [4.69, 9.17) is 9.15 Å². The molecule has 1 aliphatic rings. The number of likely N-dealkylation sites (N-methyl/N-ethyl adjacent to an activating group) is 1. The Bertz CT molecular complexity index is 929. The summed E-state index contributed by atoms with van der Waals surface area (Å²) >= 11 is 0. The minimum absolute atomic E-state index is 0.0209. The number of hydrogen-bond acceptors (Lipinski definition) is 4. The van der Waals surface area contributed by atoms with Gasteiger partial charge in [-0.25, -0.2) is 0 Å². The first-order valence-electron chi connectivity index (χ1n) is 8.66. The van der Waals surface area contributed by atoms with E-state index in [-0.39, 0.29) is 5.43 Å². The zero-order valence-electron chi connectivity index (χ0n) is 14.3. The second kappa shape index (κ2) is 6.73. The number of fused-ring (bicyclic) bond motifs is 1. The van der Waals surface area contributed by atoms with Crippen molar-refractivity contribution >= 4 is 11.0 Å². The molecule has 0 unspecified atom stereocenters. The fraction of sp³-hybridized carbons (Fsp3) is 0.286. The molecule has 128 valence electrons. The summed E-state index contributed by atoms with van der Waals surface area (Å²) in [6.45, 7) is 1.53. The van der Waals surface area contributed by atoms with Gasteiger partial charge >= 0.3 is 0 Å². The van der Waals surface area contributed by atoms with E-state index in [1.807, 2.05) is 36.4 Å². The first-order chi connectivity index (χ1) is 12.2. The van der Waals surface area contributed by atoms with Crippen molar-refractivity contribution in [1.82, 2.24) is 4.90 Å². The van der Waals surface area contributed by atoms with Gasteiger partial charge in [0, 0.05) is 18.7 Å². The van der Waals surface area contributed by atoms with E-state index in [9.17, 15) is 4.79 Å². The monoisotopic (exact) mass is 335 g/mol. The van der Waals surface area contributed by atoms with E-state index in [0.717, 1.165) is 23.9 Å². The molecule has 1 saturated carbocycles. The summed E-state index contributed by atoms with van der Waals surface area (Å²) in [6, 6.07) is 15.7. The molecule has 0 spiro atoms. The van der Waals surface area contributed by atoms with Crippen LogP contribution >= 0.6 is 0 Å². The highest BCUT2D eigenvalue weighted by atomic mass is 16.5. The molecular weight excluding hydrogens is 314 g/mol. The van der Waals surface area contributed by atoms with E-state index in [1.54, 1.807) is 12.1 Å². The van der Waals surface area contributed by atoms with Gasteiger partial charge in [-0.3, -0.25) is 4.79 Å². The maximum absolute atomic E-state index is 12.7. The van der Waals surface area contributed by atoms with Crippen molar-refractivity contribution < 1.29 is 9.15 Å². The van der Waals surface area contributed by atoms with Crippen molar-refractivity contribution in [1.29, 1.82) is 0 Å². The molecule has 1 fully saturated rings. The molecule has 4 nitrogen and oxygen atoms in total. The Hall–Kier alpha value is -2.59. The summed E-state index contributed by atoms with van der Waals surface area (Å²) in [6.07, 6.45) is 4.12. The highest BCUT2D eigenvalue weighted by Gasteiger charge is 2.25. The van der Waals surface area contributed by atoms with Crippen molar-refractivity contribution in [2.24, 2.45) is 0 Å². The van der Waals surface area contributed by atoms with Gasteiger partial charge in [-0.2, -0.15) is 0 Å². The van der Waals surface area contributed by atoms with E-state index in [1.165, 1.54) is 19.1 Å². The molecule has 4 rings (SSSR count). The van der Waals surface area contributed by atoms with Crippen LogP contribution in [0.3, 0.4) is 0 Å². The van der Waals surface area contributed by atoms with Crippen LogP contribution in [-0.4, -0.2) is 31.1 Å². The van der Waals surface area contributed by atoms with Gasteiger partial charge in [0.15, 0.2) is 5.43 Å². The summed E-state index contributed by atoms with van der Waals surface area (Å²) in [5.41, 5.74) is 1.97. The van der Waals surface area contributed by atoms with Gasteiger partial charge in [0.2, 0.25) is 0 Å². The van der Waals surface area contributed by atoms with Crippen LogP contribution in [0.15, 0.2) is 64.0 Å². The highest BCUT2D eigenvalue weighted by molar-refractivity contribution is 5.82. The number of benzene rings is 2. The molecule has 1 aromatic heterocycles. The largest absolute Gasteiger partial charge is 0.492 e. The summed E-state index contributed by atoms with van der Waals surface area (Å²) in [4.78, 5) is 15.0. The lowest BCUT2D eigenvalue weighted by molar-refractivity contribution is 0.232. The number of ether oxygens (including phenoxy) is 1. The van der Waals surface area contributed by atoms with Crippen LogP contribution < -0.4 is 10.2 Å². The molecule has 0 saturated heterocycles. The molecule has 0 aliphatic heterocycles. The predicted octanol–water partition coefficient (Wildman–Crippen LogP) is 3.93. The Morgan fingerprint density at radius 3 is 2.72 bits per heavy atom. The third-order valence-corrected chi connectivity index (χ3v) is 4.71. The van der Waals surface area contributed by atoms with Gasteiger partial charge in [-0.1, -0.05) is 30.3 Å². The van der Waals surface area contributed by atoms with E-state index in [0.29, 0.717) is 23.1 Å². The molecule has 0 amide bonds. The Labute approximate surface area is 146 Å². The quantitative estimate of drug-likeness (QED) is 0.684. The average Bonchev–Trinajstić information content (AvgIpc) is 3.48. The van der Waals surface area contributed by atoms with Crippen molar-refractivity contribution in [3.05, 3.63) is 65.0 Å². The Kier molecular flexibility index (Phi) is 4.28. The Morgan fingerprint density at radius 1 is 1.16 bits per heavy atom. The van der Waals surface area contributed by atoms with Gasteiger partial charge in [0.1, 0.15) is 24.2 Å². The summed E-state index contributed by atoms with van der Waals surface area (Å²) < 4.78 is 11.5. The van der Waals surface area contributed by atoms with Crippen LogP contribution in [0.1, 0.15) is 12.8 Å². The van der Waals surface area contributed by atoms with E-state index in [2.05, 4.69) is 11.9 Å². The van der Waals surface area contributed by atoms with E-state index >= 15 is 0 Å². The van der Waals surface area contributed by atoms with Crippen LogP contribution in [-0.2, 0) is 0 Å². The molecule has 0 bridgehead atoms. The maximum Gasteiger partial charge on any atom is 0.200 e. The fourth-order valence-corrected chi connectivity index (χ4v) is 3.02. The molecule has 0 radical (unpaired) electrons. The SMILES string of the molecule is CN(CCOc1ccc2c(=O)c(-c3ccccc3)coc2c1)C1CC1. The second-order valence-corrected chi connectivity index (χ2v) is 6.56. The normalized spacial score (nSPS) is 14.2. The molecule has 1 heterocycles. The molecule has 4 heteroatoms. The highest BCUT2D eigenvalue weighted by Crippen LogP contribution is 2.25. The third kappa shape index (κ3) is 3.44. The molecule has 0 atom stereocenters. The van der Waals surface area contributed by atoms with Crippen LogP contribution in [0.2, 0.25) is 0 Å². The van der Waals surface area contributed by atoms with Crippen molar-refractivity contribution in [2.45, 2.75) is 18.9 Å². The first-order valence-corrected chi connectivity index (χ1v) is 8.66. The van der Waals surface area contributed by atoms with Crippen LogP contribution in [0.4, 0.5) is 0 Å². The van der Waals surface area contributed by atoms with Gasteiger partial charge in [-0.15, -0.1) is 0 Å². The van der Waals surface area contributed by atoms with Crippen molar-refractivity contribution in [2.75, 3.05) is 20.2 Å². The Balaban J connectivity index is 1.54. The minimum atomic E-state index is -0.0209. The van der Waals surface area contributed by atoms with Crippen LogP contribution in [0.25, 0.3) is 22.1 Å². The zero-order chi connectivity index (χ0) is 17.2. The lowest BCUT2D eigenvalue weighted by atomic mass is 10.1. The molecule has 2 aromatic carbocycles. The Morgan fingerprint density at radius 2 is 1.96 bits per heavy atom. The molecule has 25 heavy (non-hydrogen) atoms. The third-order valence-electron chi connectivity index (χ3n) is 4.71. The van der Waals surface area contributed by atoms with Gasteiger partial charge in [0.05, 0.1) is 10.9 Å². The summed E-state index contributed by atoms with van der Waals surface area (Å²) in [5, 5.41) is 0.573. The number of rotatable bonds is 6. The van der Waals surface area contributed by atoms with Gasteiger partial charge in [-0.05, 0) is 37.6 Å². The molecular formula is C21H21NO3. The summed E-state index contributed by atoms with van der Waals surface area (Å²) in [5.74, 6) is 0.729. The lowest BCUT2D eigenvalue weighted by Crippen LogP contribution is -2.26.